The fraction of sp³-hybridized carbons (Fsp3) is 0.391. The number of benzene rings is 2. The molecule has 4 atom stereocenters. The molecule has 10 heteroatoms. The highest BCUT2D eigenvalue weighted by atomic mass is 35.5. The van der Waals surface area contributed by atoms with Crippen molar-refractivity contribution < 1.29 is 9.59 Å². The van der Waals surface area contributed by atoms with Gasteiger partial charge in [-0.05, 0) is 47.9 Å². The van der Waals surface area contributed by atoms with Gasteiger partial charge in [-0.25, -0.2) is 4.79 Å². The van der Waals surface area contributed by atoms with E-state index in [-0.39, 0.29) is 24.8 Å². The molecule has 0 radical (unpaired) electrons. The fourth-order valence-electron chi connectivity index (χ4n) is 5.02. The Kier molecular flexibility index (Phi) is 5.95. The van der Waals surface area contributed by atoms with E-state index in [0.717, 1.165) is 24.3 Å². The maximum Gasteiger partial charge on any atom is 0.328 e. The minimum absolute atomic E-state index is 0.136. The zero-order valence-electron chi connectivity index (χ0n) is 18.2. The van der Waals surface area contributed by atoms with E-state index in [2.05, 4.69) is 22.0 Å². The predicted molar refractivity (Wildman–Crippen MR) is 129 cm³/mol. The van der Waals surface area contributed by atoms with Crippen molar-refractivity contribution >= 4 is 52.4 Å². The van der Waals surface area contributed by atoms with Crippen molar-refractivity contribution in [3.05, 3.63) is 63.1 Å². The number of carbonyl (C=O) groups is 2. The van der Waals surface area contributed by atoms with E-state index >= 15 is 0 Å². The standard InChI is InChI=1S/C23H24Cl3N5O2/c1-13-10-29(16-6-4-15(24)5-7-16)22-27-20-19(30(22)11-13)21(32)31(23(33)28(20)2)12-14-3-8-17(25)18(26)9-14/h3-9,13,19-20,22,27H,10-12H2,1-2H3. The fourth-order valence-corrected chi connectivity index (χ4v) is 5.46. The summed E-state index contributed by atoms with van der Waals surface area (Å²) in [7, 11) is 1.73. The number of imide groups is 1. The molecule has 174 valence electrons. The summed E-state index contributed by atoms with van der Waals surface area (Å²) in [4.78, 5) is 34.2. The number of fused-ring (bicyclic) bond motifs is 3. The highest BCUT2D eigenvalue weighted by Crippen LogP contribution is 2.35. The molecule has 2 aromatic carbocycles. The summed E-state index contributed by atoms with van der Waals surface area (Å²) >= 11 is 18.3. The zero-order valence-corrected chi connectivity index (χ0v) is 20.5. The van der Waals surface area contributed by atoms with Crippen LogP contribution >= 0.6 is 34.8 Å². The van der Waals surface area contributed by atoms with Crippen LogP contribution in [0.5, 0.6) is 0 Å². The highest BCUT2D eigenvalue weighted by molar-refractivity contribution is 6.42. The molecule has 0 aromatic heterocycles. The van der Waals surface area contributed by atoms with E-state index in [9.17, 15) is 9.59 Å². The first-order valence-electron chi connectivity index (χ1n) is 10.8. The molecule has 0 bridgehead atoms. The Bertz CT molecular complexity index is 1100. The van der Waals surface area contributed by atoms with E-state index in [4.69, 9.17) is 34.8 Å². The molecule has 1 N–H and O–H groups in total. The number of likely N-dealkylation sites (N-methyl/N-ethyl adjacent to an activating group) is 1. The number of urea groups is 1. The summed E-state index contributed by atoms with van der Waals surface area (Å²) in [5, 5.41) is 5.03. The molecule has 33 heavy (non-hydrogen) atoms. The Balaban J connectivity index is 1.45. The third-order valence-electron chi connectivity index (χ3n) is 6.57. The second kappa shape index (κ2) is 8.64. The van der Waals surface area contributed by atoms with Gasteiger partial charge >= 0.3 is 6.03 Å². The molecule has 3 aliphatic heterocycles. The molecular weight excluding hydrogens is 485 g/mol. The Labute approximate surface area is 207 Å². The summed E-state index contributed by atoms with van der Waals surface area (Å²) < 4.78 is 0. The van der Waals surface area contributed by atoms with Gasteiger partial charge in [0, 0.05) is 30.8 Å². The summed E-state index contributed by atoms with van der Waals surface area (Å²) in [5.41, 5.74) is 1.76. The molecule has 4 unspecified atom stereocenters. The first kappa shape index (κ1) is 22.7. The SMILES string of the molecule is CC1CN(c2ccc(Cl)cc2)C2NC3C(C(=O)N(Cc4ccc(Cl)c(Cl)c4)C(=O)N3C)N2C1. The van der Waals surface area contributed by atoms with Crippen LogP contribution in [0.4, 0.5) is 10.5 Å². The first-order chi connectivity index (χ1) is 15.7. The first-order valence-corrected chi connectivity index (χ1v) is 11.9. The van der Waals surface area contributed by atoms with Crippen LogP contribution in [0.1, 0.15) is 12.5 Å². The highest BCUT2D eigenvalue weighted by Gasteiger charge is 2.56. The van der Waals surface area contributed by atoms with Gasteiger partial charge in [-0.2, -0.15) is 0 Å². The lowest BCUT2D eigenvalue weighted by molar-refractivity contribution is -0.139. The van der Waals surface area contributed by atoms with Gasteiger partial charge in [-0.3, -0.25) is 19.9 Å². The van der Waals surface area contributed by atoms with E-state index < -0.39 is 12.2 Å². The number of nitrogens with zero attached hydrogens (tertiary/aromatic N) is 4. The van der Waals surface area contributed by atoms with Crippen LogP contribution < -0.4 is 10.2 Å². The normalized spacial score (nSPS) is 27.7. The van der Waals surface area contributed by atoms with Crippen molar-refractivity contribution in [3.8, 4) is 0 Å². The summed E-state index contributed by atoms with van der Waals surface area (Å²) in [5.74, 6) is 0.117. The quantitative estimate of drug-likeness (QED) is 0.677. The number of amides is 3. The van der Waals surface area contributed by atoms with Gasteiger partial charge in [0.05, 0.1) is 16.6 Å². The van der Waals surface area contributed by atoms with Crippen molar-refractivity contribution in [1.29, 1.82) is 0 Å². The molecule has 3 fully saturated rings. The van der Waals surface area contributed by atoms with E-state index in [1.807, 2.05) is 24.3 Å². The number of rotatable bonds is 3. The van der Waals surface area contributed by atoms with Crippen LogP contribution in [0, 0.1) is 5.92 Å². The largest absolute Gasteiger partial charge is 0.343 e. The van der Waals surface area contributed by atoms with Crippen molar-refractivity contribution in [2.24, 2.45) is 5.92 Å². The molecule has 5 rings (SSSR count). The second-order valence-electron chi connectivity index (χ2n) is 8.93. The van der Waals surface area contributed by atoms with E-state index in [1.54, 1.807) is 30.1 Å². The average Bonchev–Trinajstić information content (AvgIpc) is 3.17. The second-order valence-corrected chi connectivity index (χ2v) is 10.2. The average molecular weight is 509 g/mol. The van der Waals surface area contributed by atoms with Crippen LogP contribution in [-0.4, -0.2) is 65.3 Å². The van der Waals surface area contributed by atoms with Gasteiger partial charge in [0.25, 0.3) is 5.91 Å². The van der Waals surface area contributed by atoms with E-state index in [1.165, 1.54) is 4.90 Å². The van der Waals surface area contributed by atoms with Crippen molar-refractivity contribution in [2.75, 3.05) is 25.0 Å². The number of hydrogen-bond donors (Lipinski definition) is 1. The third kappa shape index (κ3) is 3.96. The van der Waals surface area contributed by atoms with Crippen molar-refractivity contribution in [2.45, 2.75) is 32.0 Å². The van der Waals surface area contributed by atoms with Gasteiger partial charge in [0.15, 0.2) is 0 Å². The monoisotopic (exact) mass is 507 g/mol. The lowest BCUT2D eigenvalue weighted by atomic mass is 10.0. The lowest BCUT2D eigenvalue weighted by Gasteiger charge is -2.46. The lowest BCUT2D eigenvalue weighted by Crippen LogP contribution is -2.66. The number of hydrogen-bond acceptors (Lipinski definition) is 5. The van der Waals surface area contributed by atoms with Crippen molar-refractivity contribution in [1.82, 2.24) is 20.0 Å². The number of nitrogens with one attached hydrogen (secondary N) is 1. The van der Waals surface area contributed by atoms with Gasteiger partial charge in [-0.15, -0.1) is 0 Å². The van der Waals surface area contributed by atoms with Crippen molar-refractivity contribution in [3.63, 3.8) is 0 Å². The number of halogens is 3. The molecule has 2 aromatic rings. The Morgan fingerprint density at radius 3 is 2.42 bits per heavy atom. The molecule has 0 saturated carbocycles. The smallest absolute Gasteiger partial charge is 0.328 e. The molecule has 0 aliphatic carbocycles. The van der Waals surface area contributed by atoms with Gasteiger partial charge in [0.1, 0.15) is 18.5 Å². The van der Waals surface area contributed by atoms with Crippen LogP contribution in [0.2, 0.25) is 15.1 Å². The molecule has 3 saturated heterocycles. The molecule has 3 aliphatic rings. The summed E-state index contributed by atoms with van der Waals surface area (Å²) in [6, 6.07) is 12.0. The van der Waals surface area contributed by atoms with Crippen LogP contribution in [0.25, 0.3) is 0 Å². The maximum absolute atomic E-state index is 13.7. The number of carbonyl (C=O) groups excluding carboxylic acids is 2. The molecule has 3 amide bonds. The van der Waals surface area contributed by atoms with Crippen LogP contribution in [-0.2, 0) is 11.3 Å². The van der Waals surface area contributed by atoms with Gasteiger partial charge in [0.2, 0.25) is 0 Å². The molecular formula is C23H24Cl3N5O2. The minimum Gasteiger partial charge on any atom is -0.343 e. The molecule has 7 nitrogen and oxygen atoms in total. The number of anilines is 1. The minimum atomic E-state index is -0.488. The maximum atomic E-state index is 13.7. The molecule has 3 heterocycles. The predicted octanol–water partition coefficient (Wildman–Crippen LogP) is 4.08. The van der Waals surface area contributed by atoms with Crippen LogP contribution in [0.3, 0.4) is 0 Å². The Hall–Kier alpha value is -2.03. The van der Waals surface area contributed by atoms with Crippen LogP contribution in [0.15, 0.2) is 42.5 Å². The Morgan fingerprint density at radius 1 is 1.00 bits per heavy atom. The van der Waals surface area contributed by atoms with Gasteiger partial charge in [-0.1, -0.05) is 47.8 Å². The Morgan fingerprint density at radius 2 is 1.73 bits per heavy atom. The zero-order chi connectivity index (χ0) is 23.4. The van der Waals surface area contributed by atoms with Gasteiger partial charge < -0.3 is 9.80 Å². The topological polar surface area (TPSA) is 59.1 Å². The molecule has 0 spiro atoms. The third-order valence-corrected chi connectivity index (χ3v) is 7.56. The summed E-state index contributed by atoms with van der Waals surface area (Å²) in [6.07, 6.45) is -0.623. The summed E-state index contributed by atoms with van der Waals surface area (Å²) in [6.45, 7) is 3.88. The van der Waals surface area contributed by atoms with E-state index in [0.29, 0.717) is 21.0 Å².